The van der Waals surface area contributed by atoms with E-state index in [1.54, 1.807) is 24.3 Å². The second-order valence-electron chi connectivity index (χ2n) is 6.06. The molecular weight excluding hydrogens is 322 g/mol. The molecule has 1 atom stereocenters. The third-order valence-corrected chi connectivity index (χ3v) is 4.09. The summed E-state index contributed by atoms with van der Waals surface area (Å²) in [6, 6.07) is 7.04. The van der Waals surface area contributed by atoms with Crippen LogP contribution in [0.3, 0.4) is 0 Å². The van der Waals surface area contributed by atoms with Crippen LogP contribution >= 0.6 is 0 Å². The van der Waals surface area contributed by atoms with Crippen molar-refractivity contribution in [3.63, 3.8) is 0 Å². The normalized spacial score (nSPS) is 17.1. The maximum Gasteiger partial charge on any atom is 0.257 e. The molecule has 0 radical (unpaired) electrons. The number of ether oxygens (including phenoxy) is 1. The number of hydrogen-bond acceptors (Lipinski definition) is 5. The highest BCUT2D eigenvalue weighted by molar-refractivity contribution is 6.00. The first-order valence-electron chi connectivity index (χ1n) is 8.63. The van der Waals surface area contributed by atoms with Gasteiger partial charge in [-0.1, -0.05) is 18.6 Å². The molecule has 4 N–H and O–H groups in total. The van der Waals surface area contributed by atoms with Crippen molar-refractivity contribution in [1.29, 1.82) is 0 Å². The second kappa shape index (κ2) is 9.78. The highest BCUT2D eigenvalue weighted by Crippen LogP contribution is 2.26. The van der Waals surface area contributed by atoms with E-state index in [0.717, 1.165) is 24.8 Å². The summed E-state index contributed by atoms with van der Waals surface area (Å²) in [4.78, 5) is 34.7. The molecule has 1 unspecified atom stereocenters. The predicted molar refractivity (Wildman–Crippen MR) is 93.0 cm³/mol. The number of nitrogens with two attached hydrogens (primary N) is 1. The van der Waals surface area contributed by atoms with Crippen molar-refractivity contribution in [2.24, 2.45) is 5.73 Å². The molecule has 136 valence electrons. The van der Waals surface area contributed by atoms with Gasteiger partial charge in [0.05, 0.1) is 5.92 Å². The lowest BCUT2D eigenvalue weighted by Crippen LogP contribution is -2.39. The van der Waals surface area contributed by atoms with E-state index in [0.29, 0.717) is 31.7 Å². The van der Waals surface area contributed by atoms with Crippen LogP contribution < -0.4 is 21.1 Å². The van der Waals surface area contributed by atoms with Crippen LogP contribution in [0.1, 0.15) is 43.6 Å². The minimum absolute atomic E-state index is 0.0470. The minimum Gasteiger partial charge on any atom is -0.484 e. The number of carbonyl (C=O) groups excluding carboxylic acids is 3. The van der Waals surface area contributed by atoms with Crippen LogP contribution in [0.15, 0.2) is 24.3 Å². The second-order valence-corrected chi connectivity index (χ2v) is 6.06. The summed E-state index contributed by atoms with van der Waals surface area (Å²) in [6.45, 7) is 1.25. The molecule has 1 aliphatic heterocycles. The molecule has 1 aliphatic rings. The molecule has 0 saturated carbocycles. The van der Waals surface area contributed by atoms with Crippen molar-refractivity contribution in [3.8, 4) is 5.75 Å². The number of hydrogen-bond donors (Lipinski definition) is 3. The maximum atomic E-state index is 11.8. The van der Waals surface area contributed by atoms with Gasteiger partial charge >= 0.3 is 0 Å². The van der Waals surface area contributed by atoms with Crippen LogP contribution in [0.5, 0.6) is 5.75 Å². The standard InChI is InChI=1S/C18H25N3O4/c19-10-2-1-3-11-20-17(23)12-25-14-6-4-13(5-7-14)15-8-9-16(22)21-18(15)24/h4-7,15H,1-3,8-12,19H2,(H,20,23)(H,21,22,24). The Balaban J connectivity index is 1.74. The molecule has 0 spiro atoms. The number of carbonyl (C=O) groups is 3. The third kappa shape index (κ3) is 6.19. The van der Waals surface area contributed by atoms with Crippen LogP contribution in [-0.2, 0) is 14.4 Å². The van der Waals surface area contributed by atoms with Gasteiger partial charge in [0.1, 0.15) is 5.75 Å². The summed E-state index contributed by atoms with van der Waals surface area (Å²) in [5, 5.41) is 5.14. The summed E-state index contributed by atoms with van der Waals surface area (Å²) in [6.07, 6.45) is 3.73. The molecule has 7 heteroatoms. The van der Waals surface area contributed by atoms with E-state index in [9.17, 15) is 14.4 Å². The summed E-state index contributed by atoms with van der Waals surface area (Å²) in [5.41, 5.74) is 6.25. The van der Waals surface area contributed by atoms with Crippen LogP contribution in [-0.4, -0.2) is 37.4 Å². The average Bonchev–Trinajstić information content (AvgIpc) is 2.60. The van der Waals surface area contributed by atoms with E-state index < -0.39 is 0 Å². The summed E-state index contributed by atoms with van der Waals surface area (Å²) in [5.74, 6) is -0.408. The highest BCUT2D eigenvalue weighted by Gasteiger charge is 2.27. The Bertz CT molecular complexity index is 601. The Kier molecular flexibility index (Phi) is 7.40. The molecule has 25 heavy (non-hydrogen) atoms. The monoisotopic (exact) mass is 347 g/mol. The molecule has 0 aromatic heterocycles. The first-order valence-corrected chi connectivity index (χ1v) is 8.63. The smallest absolute Gasteiger partial charge is 0.257 e. The van der Waals surface area contributed by atoms with Gasteiger partial charge < -0.3 is 15.8 Å². The molecule has 0 aliphatic carbocycles. The average molecular weight is 347 g/mol. The number of piperidine rings is 1. The Labute approximate surface area is 147 Å². The Morgan fingerprint density at radius 1 is 1.20 bits per heavy atom. The van der Waals surface area contributed by atoms with Gasteiger partial charge in [-0.3, -0.25) is 19.7 Å². The number of rotatable bonds is 9. The van der Waals surface area contributed by atoms with Crippen molar-refractivity contribution in [2.45, 2.75) is 38.0 Å². The van der Waals surface area contributed by atoms with Gasteiger partial charge in [0.2, 0.25) is 11.8 Å². The third-order valence-electron chi connectivity index (χ3n) is 4.09. The molecular formula is C18H25N3O4. The zero-order valence-corrected chi connectivity index (χ0v) is 14.3. The van der Waals surface area contributed by atoms with Crippen molar-refractivity contribution in [2.75, 3.05) is 19.7 Å². The number of amides is 3. The Morgan fingerprint density at radius 2 is 1.96 bits per heavy atom. The van der Waals surface area contributed by atoms with E-state index >= 15 is 0 Å². The lowest BCUT2D eigenvalue weighted by molar-refractivity contribution is -0.134. The fourth-order valence-electron chi connectivity index (χ4n) is 2.68. The first kappa shape index (κ1) is 18.9. The predicted octanol–water partition coefficient (Wildman–Crippen LogP) is 0.831. The van der Waals surface area contributed by atoms with Gasteiger partial charge in [0, 0.05) is 13.0 Å². The molecule has 3 amide bonds. The molecule has 1 fully saturated rings. The van der Waals surface area contributed by atoms with Gasteiger partial charge in [-0.05, 0) is 43.5 Å². The van der Waals surface area contributed by atoms with Crippen molar-refractivity contribution < 1.29 is 19.1 Å². The minimum atomic E-state index is -0.316. The number of benzene rings is 1. The molecule has 1 aromatic rings. The zero-order valence-electron chi connectivity index (χ0n) is 14.3. The summed E-state index contributed by atoms with van der Waals surface area (Å²) >= 11 is 0. The van der Waals surface area contributed by atoms with E-state index in [1.807, 2.05) is 0 Å². The van der Waals surface area contributed by atoms with Gasteiger partial charge in [0.25, 0.3) is 5.91 Å². The van der Waals surface area contributed by atoms with Crippen LogP contribution in [0, 0.1) is 0 Å². The van der Waals surface area contributed by atoms with Crippen molar-refractivity contribution in [3.05, 3.63) is 29.8 Å². The first-order chi connectivity index (χ1) is 12.1. The van der Waals surface area contributed by atoms with Gasteiger partial charge in [-0.15, -0.1) is 0 Å². The van der Waals surface area contributed by atoms with E-state index in [4.69, 9.17) is 10.5 Å². The van der Waals surface area contributed by atoms with E-state index in [1.165, 1.54) is 0 Å². The molecule has 1 heterocycles. The largest absolute Gasteiger partial charge is 0.484 e. The molecule has 1 saturated heterocycles. The van der Waals surface area contributed by atoms with E-state index in [-0.39, 0.29) is 30.2 Å². The van der Waals surface area contributed by atoms with Gasteiger partial charge in [-0.2, -0.15) is 0 Å². The van der Waals surface area contributed by atoms with Crippen LogP contribution in [0.25, 0.3) is 0 Å². The molecule has 2 rings (SSSR count). The van der Waals surface area contributed by atoms with Gasteiger partial charge in [-0.25, -0.2) is 0 Å². The van der Waals surface area contributed by atoms with Gasteiger partial charge in [0.15, 0.2) is 6.61 Å². The number of nitrogens with one attached hydrogen (secondary N) is 2. The summed E-state index contributed by atoms with van der Waals surface area (Å²) in [7, 11) is 0. The number of unbranched alkanes of at least 4 members (excludes halogenated alkanes) is 2. The lowest BCUT2D eigenvalue weighted by atomic mass is 9.90. The quantitative estimate of drug-likeness (QED) is 0.453. The molecule has 7 nitrogen and oxygen atoms in total. The fraction of sp³-hybridized carbons (Fsp3) is 0.500. The Hall–Kier alpha value is -2.41. The topological polar surface area (TPSA) is 111 Å². The van der Waals surface area contributed by atoms with Crippen molar-refractivity contribution in [1.82, 2.24) is 10.6 Å². The molecule has 0 bridgehead atoms. The zero-order chi connectivity index (χ0) is 18.1. The van der Waals surface area contributed by atoms with Crippen LogP contribution in [0.2, 0.25) is 0 Å². The fourth-order valence-corrected chi connectivity index (χ4v) is 2.68. The van der Waals surface area contributed by atoms with Crippen LogP contribution in [0.4, 0.5) is 0 Å². The number of imide groups is 1. The molecule has 1 aromatic carbocycles. The summed E-state index contributed by atoms with van der Waals surface area (Å²) < 4.78 is 5.45. The SMILES string of the molecule is NCCCCCNC(=O)COc1ccc(C2CCC(=O)NC2=O)cc1. The van der Waals surface area contributed by atoms with Crippen molar-refractivity contribution >= 4 is 17.7 Å². The highest BCUT2D eigenvalue weighted by atomic mass is 16.5. The lowest BCUT2D eigenvalue weighted by Gasteiger charge is -2.21. The Morgan fingerprint density at radius 3 is 2.64 bits per heavy atom. The van der Waals surface area contributed by atoms with E-state index in [2.05, 4.69) is 10.6 Å². The maximum absolute atomic E-state index is 11.8.